The predicted octanol–water partition coefficient (Wildman–Crippen LogP) is 0.910. The van der Waals surface area contributed by atoms with Gasteiger partial charge in [-0.3, -0.25) is 4.98 Å². The Bertz CT molecular complexity index is 369. The van der Waals surface area contributed by atoms with E-state index in [-0.39, 0.29) is 18.6 Å². The molecule has 2 rings (SSSR count). The largest absolute Gasteiger partial charge is 0.465 e. The molecule has 1 saturated heterocycles. The molecule has 0 radical (unpaired) electrons. The quantitative estimate of drug-likeness (QED) is 0.780. The third-order valence-electron chi connectivity index (χ3n) is 3.03. The summed E-state index contributed by atoms with van der Waals surface area (Å²) in [5.74, 6) is 0.141. The van der Waals surface area contributed by atoms with Gasteiger partial charge in [-0.25, -0.2) is 4.79 Å². The second kappa shape index (κ2) is 4.49. The van der Waals surface area contributed by atoms with Crippen molar-refractivity contribution in [2.75, 3.05) is 13.2 Å². The van der Waals surface area contributed by atoms with Gasteiger partial charge in [-0.2, -0.15) is 0 Å². The van der Waals surface area contributed by atoms with Gasteiger partial charge >= 0.3 is 6.09 Å². The summed E-state index contributed by atoms with van der Waals surface area (Å²) in [5.41, 5.74) is 1.03. The Balaban J connectivity index is 2.14. The molecule has 1 aliphatic rings. The summed E-state index contributed by atoms with van der Waals surface area (Å²) >= 11 is 0. The summed E-state index contributed by atoms with van der Waals surface area (Å²) in [6.45, 7) is 0.315. The summed E-state index contributed by atoms with van der Waals surface area (Å²) in [6.07, 6.45) is 3.14. The number of nitrogens with zero attached hydrogens (tertiary/aromatic N) is 2. The van der Waals surface area contributed by atoms with E-state index in [2.05, 4.69) is 4.98 Å². The van der Waals surface area contributed by atoms with Crippen LogP contribution in [0.1, 0.15) is 17.9 Å². The Labute approximate surface area is 93.3 Å². The second-order valence-corrected chi connectivity index (χ2v) is 3.99. The van der Waals surface area contributed by atoms with Crippen molar-refractivity contribution in [2.45, 2.75) is 18.4 Å². The highest BCUT2D eigenvalue weighted by Crippen LogP contribution is 2.30. The van der Waals surface area contributed by atoms with Gasteiger partial charge < -0.3 is 15.1 Å². The van der Waals surface area contributed by atoms with Gasteiger partial charge in [-0.05, 0) is 18.1 Å². The Morgan fingerprint density at radius 3 is 2.94 bits per heavy atom. The fraction of sp³-hybridized carbons (Fsp3) is 0.455. The molecule has 0 spiro atoms. The number of hydrogen-bond acceptors (Lipinski definition) is 3. The number of aliphatic hydroxyl groups is 1. The molecular weight excluding hydrogens is 208 g/mol. The number of pyridine rings is 1. The van der Waals surface area contributed by atoms with Gasteiger partial charge in [0.15, 0.2) is 0 Å². The van der Waals surface area contributed by atoms with Gasteiger partial charge in [-0.1, -0.05) is 6.07 Å². The molecule has 0 aromatic carbocycles. The molecular formula is C11H14N2O3. The normalized spacial score (nSPS) is 24.7. The molecule has 1 aliphatic heterocycles. The van der Waals surface area contributed by atoms with Crippen molar-refractivity contribution in [1.82, 2.24) is 9.88 Å². The van der Waals surface area contributed by atoms with Gasteiger partial charge in [0.2, 0.25) is 0 Å². The summed E-state index contributed by atoms with van der Waals surface area (Å²) in [6, 6.07) is 3.49. The van der Waals surface area contributed by atoms with Crippen LogP contribution in [0.3, 0.4) is 0 Å². The van der Waals surface area contributed by atoms with Crippen LogP contribution in [0.4, 0.5) is 4.79 Å². The van der Waals surface area contributed by atoms with Gasteiger partial charge in [0.25, 0.3) is 0 Å². The van der Waals surface area contributed by atoms with Crippen molar-refractivity contribution in [3.8, 4) is 0 Å². The average Bonchev–Trinajstić information content (AvgIpc) is 2.74. The molecule has 86 valence electrons. The van der Waals surface area contributed by atoms with Crippen molar-refractivity contribution in [2.24, 2.45) is 0 Å². The Kier molecular flexibility index (Phi) is 3.05. The number of hydrogen-bond donors (Lipinski definition) is 2. The van der Waals surface area contributed by atoms with E-state index in [1.807, 2.05) is 12.1 Å². The molecule has 1 fully saturated rings. The SMILES string of the molecule is O=C(O)N1CC(c2cccnc2)C[C@@H]1CO. The van der Waals surface area contributed by atoms with Gasteiger partial charge in [0, 0.05) is 24.9 Å². The molecule has 1 amide bonds. The Morgan fingerprint density at radius 1 is 1.62 bits per heavy atom. The zero-order valence-electron chi connectivity index (χ0n) is 8.78. The number of likely N-dealkylation sites (tertiary alicyclic amines) is 1. The highest BCUT2D eigenvalue weighted by atomic mass is 16.4. The first-order chi connectivity index (χ1) is 7.72. The minimum absolute atomic E-state index is 0.122. The zero-order valence-corrected chi connectivity index (χ0v) is 8.78. The molecule has 1 aromatic heterocycles. The van der Waals surface area contributed by atoms with Crippen molar-refractivity contribution < 1.29 is 15.0 Å². The van der Waals surface area contributed by atoms with Crippen molar-refractivity contribution in [3.05, 3.63) is 30.1 Å². The Hall–Kier alpha value is -1.62. The van der Waals surface area contributed by atoms with Crippen LogP contribution in [-0.4, -0.2) is 45.4 Å². The van der Waals surface area contributed by atoms with E-state index in [9.17, 15) is 4.79 Å². The van der Waals surface area contributed by atoms with Crippen molar-refractivity contribution in [3.63, 3.8) is 0 Å². The average molecular weight is 222 g/mol. The third kappa shape index (κ3) is 1.99. The van der Waals surface area contributed by atoms with E-state index in [0.717, 1.165) is 5.56 Å². The van der Waals surface area contributed by atoms with Crippen LogP contribution in [-0.2, 0) is 0 Å². The van der Waals surface area contributed by atoms with Gasteiger partial charge in [0.1, 0.15) is 0 Å². The highest BCUT2D eigenvalue weighted by Gasteiger charge is 2.35. The number of carboxylic acid groups (broad SMARTS) is 1. The van der Waals surface area contributed by atoms with Crippen LogP contribution in [0.2, 0.25) is 0 Å². The minimum atomic E-state index is -0.967. The molecule has 1 unspecified atom stereocenters. The van der Waals surface area contributed by atoms with Crippen LogP contribution >= 0.6 is 0 Å². The molecule has 2 atom stereocenters. The smallest absolute Gasteiger partial charge is 0.407 e. The van der Waals surface area contributed by atoms with Crippen LogP contribution in [0.25, 0.3) is 0 Å². The summed E-state index contributed by atoms with van der Waals surface area (Å²) in [4.78, 5) is 16.3. The van der Waals surface area contributed by atoms with Crippen LogP contribution in [0.15, 0.2) is 24.5 Å². The Morgan fingerprint density at radius 2 is 2.44 bits per heavy atom. The van der Waals surface area contributed by atoms with Gasteiger partial charge in [-0.15, -0.1) is 0 Å². The maximum absolute atomic E-state index is 10.9. The van der Waals surface area contributed by atoms with Crippen molar-refractivity contribution >= 4 is 6.09 Å². The molecule has 5 nitrogen and oxygen atoms in total. The molecule has 2 heterocycles. The third-order valence-corrected chi connectivity index (χ3v) is 3.03. The lowest BCUT2D eigenvalue weighted by Gasteiger charge is -2.18. The van der Waals surface area contributed by atoms with Gasteiger partial charge in [0.05, 0.1) is 12.6 Å². The molecule has 0 aliphatic carbocycles. The molecule has 16 heavy (non-hydrogen) atoms. The standard InChI is InChI=1S/C11H14N2O3/c14-7-10-4-9(6-13(10)11(15)16)8-2-1-3-12-5-8/h1-3,5,9-10,14H,4,6-7H2,(H,15,16)/t9?,10-/m1/s1. The number of carbonyl (C=O) groups is 1. The second-order valence-electron chi connectivity index (χ2n) is 3.99. The molecule has 1 aromatic rings. The van der Waals surface area contributed by atoms with E-state index in [0.29, 0.717) is 13.0 Å². The number of amides is 1. The molecule has 0 bridgehead atoms. The summed E-state index contributed by atoms with van der Waals surface area (Å²) in [5, 5.41) is 18.1. The first-order valence-corrected chi connectivity index (χ1v) is 5.22. The lowest BCUT2D eigenvalue weighted by molar-refractivity contribution is 0.118. The monoisotopic (exact) mass is 222 g/mol. The fourth-order valence-corrected chi connectivity index (χ4v) is 2.18. The topological polar surface area (TPSA) is 73.7 Å². The fourth-order valence-electron chi connectivity index (χ4n) is 2.18. The van der Waals surface area contributed by atoms with Crippen LogP contribution in [0, 0.1) is 0 Å². The summed E-state index contributed by atoms with van der Waals surface area (Å²) in [7, 11) is 0. The predicted molar refractivity (Wildman–Crippen MR) is 57.2 cm³/mol. The summed E-state index contributed by atoms with van der Waals surface area (Å²) < 4.78 is 0. The lowest BCUT2D eigenvalue weighted by atomic mass is 9.98. The highest BCUT2D eigenvalue weighted by molar-refractivity contribution is 5.66. The minimum Gasteiger partial charge on any atom is -0.465 e. The first-order valence-electron chi connectivity index (χ1n) is 5.22. The maximum atomic E-state index is 10.9. The maximum Gasteiger partial charge on any atom is 0.407 e. The molecule has 5 heteroatoms. The van der Waals surface area contributed by atoms with E-state index in [1.165, 1.54) is 4.90 Å². The zero-order chi connectivity index (χ0) is 11.5. The van der Waals surface area contributed by atoms with E-state index < -0.39 is 6.09 Å². The van der Waals surface area contributed by atoms with Crippen molar-refractivity contribution in [1.29, 1.82) is 0 Å². The molecule has 2 N–H and O–H groups in total. The lowest BCUT2D eigenvalue weighted by Crippen LogP contribution is -2.36. The first kappa shape index (κ1) is 10.9. The van der Waals surface area contributed by atoms with E-state index >= 15 is 0 Å². The number of rotatable bonds is 2. The van der Waals surface area contributed by atoms with E-state index in [4.69, 9.17) is 10.2 Å². The van der Waals surface area contributed by atoms with E-state index in [1.54, 1.807) is 12.4 Å². The number of aliphatic hydroxyl groups excluding tert-OH is 1. The number of aromatic nitrogens is 1. The van der Waals surface area contributed by atoms with Crippen LogP contribution in [0.5, 0.6) is 0 Å². The van der Waals surface area contributed by atoms with Crippen LogP contribution < -0.4 is 0 Å². The molecule has 0 saturated carbocycles.